The standard InChI is InChI=1S/C12H18N4O5/c1-8-6-16(12(21)14-11(8)20)7-9(17)15(5-3-13)4-2-10(18)19/h6H,2-5,7,13H2,1H3,(H,18,19)(H,14,20,21). The van der Waals surface area contributed by atoms with Crippen molar-refractivity contribution in [1.29, 1.82) is 0 Å². The minimum Gasteiger partial charge on any atom is -0.481 e. The van der Waals surface area contributed by atoms with Gasteiger partial charge in [0.1, 0.15) is 6.54 Å². The number of nitrogens with zero attached hydrogens (tertiary/aromatic N) is 2. The van der Waals surface area contributed by atoms with Gasteiger partial charge in [0, 0.05) is 31.4 Å². The van der Waals surface area contributed by atoms with Gasteiger partial charge >= 0.3 is 11.7 Å². The first-order chi connectivity index (χ1) is 9.85. The van der Waals surface area contributed by atoms with E-state index in [9.17, 15) is 19.2 Å². The second-order valence-electron chi connectivity index (χ2n) is 4.51. The molecule has 0 radical (unpaired) electrons. The van der Waals surface area contributed by atoms with Gasteiger partial charge < -0.3 is 15.7 Å². The third-order valence-electron chi connectivity index (χ3n) is 2.84. The van der Waals surface area contributed by atoms with E-state index in [1.165, 1.54) is 18.0 Å². The van der Waals surface area contributed by atoms with Gasteiger partial charge in [-0.15, -0.1) is 0 Å². The normalized spacial score (nSPS) is 10.4. The zero-order chi connectivity index (χ0) is 16.0. The number of nitrogens with one attached hydrogen (secondary N) is 1. The molecule has 0 aliphatic carbocycles. The Kier molecular flexibility index (Phi) is 5.85. The Morgan fingerprint density at radius 3 is 2.62 bits per heavy atom. The summed E-state index contributed by atoms with van der Waals surface area (Å²) >= 11 is 0. The summed E-state index contributed by atoms with van der Waals surface area (Å²) in [7, 11) is 0. The number of aromatic amines is 1. The highest BCUT2D eigenvalue weighted by atomic mass is 16.4. The molecule has 21 heavy (non-hydrogen) atoms. The number of amides is 1. The summed E-state index contributed by atoms with van der Waals surface area (Å²) in [5.74, 6) is -1.46. The van der Waals surface area contributed by atoms with Crippen LogP contribution in [0.4, 0.5) is 0 Å². The molecule has 0 saturated heterocycles. The largest absolute Gasteiger partial charge is 0.481 e. The van der Waals surface area contributed by atoms with Crippen LogP contribution in [0.5, 0.6) is 0 Å². The van der Waals surface area contributed by atoms with Crippen LogP contribution in [0.3, 0.4) is 0 Å². The van der Waals surface area contributed by atoms with Crippen molar-refractivity contribution in [3.05, 3.63) is 32.6 Å². The molecule has 0 unspecified atom stereocenters. The summed E-state index contributed by atoms with van der Waals surface area (Å²) in [6, 6.07) is 0. The third-order valence-corrected chi connectivity index (χ3v) is 2.84. The van der Waals surface area contributed by atoms with Crippen molar-refractivity contribution < 1.29 is 14.7 Å². The van der Waals surface area contributed by atoms with Crippen LogP contribution in [-0.2, 0) is 16.1 Å². The van der Waals surface area contributed by atoms with Crippen molar-refractivity contribution in [2.24, 2.45) is 5.73 Å². The number of aryl methyl sites for hydroxylation is 1. The van der Waals surface area contributed by atoms with Crippen molar-refractivity contribution in [2.75, 3.05) is 19.6 Å². The lowest BCUT2D eigenvalue weighted by molar-refractivity contribution is -0.138. The summed E-state index contributed by atoms with van der Waals surface area (Å²) in [5, 5.41) is 8.65. The zero-order valence-corrected chi connectivity index (χ0v) is 11.7. The number of hydrogen-bond donors (Lipinski definition) is 3. The molecule has 0 aliphatic rings. The van der Waals surface area contributed by atoms with E-state index in [-0.39, 0.29) is 32.6 Å². The van der Waals surface area contributed by atoms with Crippen LogP contribution in [0.1, 0.15) is 12.0 Å². The lowest BCUT2D eigenvalue weighted by Crippen LogP contribution is -2.41. The van der Waals surface area contributed by atoms with E-state index in [0.29, 0.717) is 5.56 Å². The molecule has 0 spiro atoms. The van der Waals surface area contributed by atoms with Crippen LogP contribution in [0.15, 0.2) is 15.8 Å². The number of carbonyl (C=O) groups is 2. The Morgan fingerprint density at radius 2 is 2.05 bits per heavy atom. The van der Waals surface area contributed by atoms with Gasteiger partial charge in [0.05, 0.1) is 6.42 Å². The average molecular weight is 298 g/mol. The Bertz CT molecular complexity index is 633. The van der Waals surface area contributed by atoms with Gasteiger partial charge in [-0.05, 0) is 6.92 Å². The van der Waals surface area contributed by atoms with Crippen molar-refractivity contribution in [3.63, 3.8) is 0 Å². The first-order valence-corrected chi connectivity index (χ1v) is 6.35. The molecule has 0 fully saturated rings. The number of carboxylic acid groups (broad SMARTS) is 1. The molecule has 1 amide bonds. The van der Waals surface area contributed by atoms with Crippen molar-refractivity contribution in [3.8, 4) is 0 Å². The fourth-order valence-corrected chi connectivity index (χ4v) is 1.73. The Labute approximate surface area is 120 Å². The maximum atomic E-state index is 12.1. The van der Waals surface area contributed by atoms with Crippen LogP contribution in [0.25, 0.3) is 0 Å². The molecule has 1 rings (SSSR count). The van der Waals surface area contributed by atoms with E-state index in [4.69, 9.17) is 10.8 Å². The molecule has 4 N–H and O–H groups in total. The van der Waals surface area contributed by atoms with E-state index in [2.05, 4.69) is 4.98 Å². The molecule has 0 atom stereocenters. The highest BCUT2D eigenvalue weighted by Gasteiger charge is 2.15. The highest BCUT2D eigenvalue weighted by Crippen LogP contribution is 1.96. The molecule has 116 valence electrons. The number of aliphatic carboxylic acids is 1. The van der Waals surface area contributed by atoms with Gasteiger partial charge in [-0.1, -0.05) is 0 Å². The van der Waals surface area contributed by atoms with Gasteiger partial charge in [0.15, 0.2) is 0 Å². The van der Waals surface area contributed by atoms with E-state index in [1.54, 1.807) is 0 Å². The second-order valence-corrected chi connectivity index (χ2v) is 4.51. The predicted octanol–water partition coefficient (Wildman–Crippen LogP) is -1.89. The summed E-state index contributed by atoms with van der Waals surface area (Å²) < 4.78 is 1.07. The van der Waals surface area contributed by atoms with Gasteiger partial charge in [-0.25, -0.2) is 4.79 Å². The fraction of sp³-hybridized carbons (Fsp3) is 0.500. The lowest BCUT2D eigenvalue weighted by Gasteiger charge is -2.21. The SMILES string of the molecule is Cc1cn(CC(=O)N(CCN)CCC(=O)O)c(=O)[nH]c1=O. The predicted molar refractivity (Wildman–Crippen MR) is 73.9 cm³/mol. The van der Waals surface area contributed by atoms with Crippen molar-refractivity contribution in [2.45, 2.75) is 19.9 Å². The van der Waals surface area contributed by atoms with Crippen molar-refractivity contribution >= 4 is 11.9 Å². The Hall–Kier alpha value is -2.42. The molecule has 0 bridgehead atoms. The molecule has 9 nitrogen and oxygen atoms in total. The zero-order valence-electron chi connectivity index (χ0n) is 11.7. The van der Waals surface area contributed by atoms with Crippen LogP contribution in [0, 0.1) is 6.92 Å². The van der Waals surface area contributed by atoms with Crippen LogP contribution >= 0.6 is 0 Å². The maximum absolute atomic E-state index is 12.1. The monoisotopic (exact) mass is 298 g/mol. The van der Waals surface area contributed by atoms with Crippen molar-refractivity contribution in [1.82, 2.24) is 14.5 Å². The number of carboxylic acids is 1. The molecule has 1 heterocycles. The molecule has 1 aromatic rings. The number of aromatic nitrogens is 2. The molecule has 9 heteroatoms. The lowest BCUT2D eigenvalue weighted by atomic mass is 10.3. The first kappa shape index (κ1) is 16.6. The van der Waals surface area contributed by atoms with E-state index in [0.717, 1.165) is 4.57 Å². The van der Waals surface area contributed by atoms with E-state index in [1.807, 2.05) is 0 Å². The third kappa shape index (κ3) is 4.88. The molecule has 1 aromatic heterocycles. The quantitative estimate of drug-likeness (QED) is 0.538. The molecular weight excluding hydrogens is 280 g/mol. The average Bonchev–Trinajstić information content (AvgIpc) is 2.40. The highest BCUT2D eigenvalue weighted by molar-refractivity contribution is 5.76. The molecule has 0 aliphatic heterocycles. The van der Waals surface area contributed by atoms with E-state index >= 15 is 0 Å². The van der Waals surface area contributed by atoms with Crippen LogP contribution in [-0.4, -0.2) is 51.1 Å². The summed E-state index contributed by atoms with van der Waals surface area (Å²) in [5.41, 5.74) is 4.49. The number of nitrogens with two attached hydrogens (primary N) is 1. The van der Waals surface area contributed by atoms with Crippen LogP contribution in [0.2, 0.25) is 0 Å². The maximum Gasteiger partial charge on any atom is 0.328 e. The molecular formula is C12H18N4O5. The second kappa shape index (κ2) is 7.39. The Morgan fingerprint density at radius 1 is 1.38 bits per heavy atom. The summed E-state index contributed by atoms with van der Waals surface area (Å²) in [4.78, 5) is 48.9. The topological polar surface area (TPSA) is 138 Å². The minimum absolute atomic E-state index is 0.0163. The van der Waals surface area contributed by atoms with Gasteiger partial charge in [-0.2, -0.15) is 0 Å². The summed E-state index contributed by atoms with van der Waals surface area (Å²) in [6.07, 6.45) is 1.09. The van der Waals surface area contributed by atoms with Gasteiger partial charge in [0.2, 0.25) is 5.91 Å². The van der Waals surface area contributed by atoms with Gasteiger partial charge in [0.25, 0.3) is 5.56 Å². The molecule has 0 saturated carbocycles. The number of rotatable bonds is 7. The summed E-state index contributed by atoms with van der Waals surface area (Å²) in [6.45, 7) is 1.63. The molecule has 0 aromatic carbocycles. The Balaban J connectivity index is 2.86. The minimum atomic E-state index is -1.03. The number of carbonyl (C=O) groups excluding carboxylic acids is 1. The van der Waals surface area contributed by atoms with Gasteiger partial charge in [-0.3, -0.25) is 23.9 Å². The smallest absolute Gasteiger partial charge is 0.328 e. The van der Waals surface area contributed by atoms with E-state index < -0.39 is 23.1 Å². The first-order valence-electron chi connectivity index (χ1n) is 6.35. The van der Waals surface area contributed by atoms with Crippen LogP contribution < -0.4 is 17.0 Å². The fourth-order valence-electron chi connectivity index (χ4n) is 1.73. The number of H-pyrrole nitrogens is 1. The number of hydrogen-bond acceptors (Lipinski definition) is 5.